The predicted molar refractivity (Wildman–Crippen MR) is 109 cm³/mol. The second-order valence-electron chi connectivity index (χ2n) is 7.28. The summed E-state index contributed by atoms with van der Waals surface area (Å²) in [6.45, 7) is 6.41. The number of benzene rings is 2. The Morgan fingerprint density at radius 2 is 1.63 bits per heavy atom. The summed E-state index contributed by atoms with van der Waals surface area (Å²) in [5.41, 5.74) is -3.11. The Bertz CT molecular complexity index is 952. The number of carbonyl (C=O) groups excluding carboxylic acids is 1. The molecule has 0 radical (unpaired) electrons. The summed E-state index contributed by atoms with van der Waals surface area (Å²) in [7, 11) is 0. The van der Waals surface area contributed by atoms with Crippen molar-refractivity contribution in [3.8, 4) is 5.75 Å². The molecule has 2 rings (SSSR count). The van der Waals surface area contributed by atoms with Crippen molar-refractivity contribution in [3.05, 3.63) is 64.7 Å². The first-order chi connectivity index (χ1) is 13.8. The van der Waals surface area contributed by atoms with Gasteiger partial charge < -0.3 is 9.84 Å². The van der Waals surface area contributed by atoms with E-state index in [-0.39, 0.29) is 16.7 Å². The minimum absolute atomic E-state index is 0.0482. The number of halogens is 3. The molecule has 30 heavy (non-hydrogen) atoms. The van der Waals surface area contributed by atoms with Gasteiger partial charge in [0.05, 0.1) is 0 Å². The van der Waals surface area contributed by atoms with E-state index >= 15 is 0 Å². The molecule has 0 spiro atoms. The molecule has 1 unspecified atom stereocenters. The zero-order valence-corrected chi connectivity index (χ0v) is 17.6. The van der Waals surface area contributed by atoms with Crippen molar-refractivity contribution in [2.75, 3.05) is 0 Å². The maximum Gasteiger partial charge on any atom is 0.446 e. The van der Waals surface area contributed by atoms with Gasteiger partial charge in [-0.3, -0.25) is 0 Å². The molecule has 1 atom stereocenters. The lowest BCUT2D eigenvalue weighted by atomic mass is 9.89. The van der Waals surface area contributed by atoms with E-state index in [4.69, 9.17) is 4.74 Å². The molecule has 4 nitrogen and oxygen atoms in total. The molecule has 160 valence electrons. The normalized spacial score (nSPS) is 12.8. The number of ether oxygens (including phenoxy) is 1. The third-order valence-electron chi connectivity index (χ3n) is 4.42. The summed E-state index contributed by atoms with van der Waals surface area (Å²) in [5.74, 6) is 0.554. The summed E-state index contributed by atoms with van der Waals surface area (Å²) in [6, 6.07) is 9.30. The molecule has 0 saturated heterocycles. The fourth-order valence-corrected chi connectivity index (χ4v) is 3.49. The number of carboxylic acid groups (broad SMARTS) is 1. The predicted octanol–water partition coefficient (Wildman–Crippen LogP) is 5.68. The third kappa shape index (κ3) is 5.90. The monoisotopic (exact) mass is 438 g/mol. The van der Waals surface area contributed by atoms with Gasteiger partial charge in [-0.25, -0.2) is 9.59 Å². The summed E-state index contributed by atoms with van der Waals surface area (Å²) in [6.07, 6.45) is 1.29. The van der Waals surface area contributed by atoms with Crippen LogP contribution in [0.5, 0.6) is 5.75 Å². The summed E-state index contributed by atoms with van der Waals surface area (Å²) < 4.78 is 43.3. The van der Waals surface area contributed by atoms with Crippen LogP contribution in [0.15, 0.2) is 47.4 Å². The van der Waals surface area contributed by atoms with Crippen LogP contribution in [-0.4, -0.2) is 28.1 Å². The number of hydrogen-bond acceptors (Lipinski definition) is 4. The van der Waals surface area contributed by atoms with Gasteiger partial charge in [0.2, 0.25) is 0 Å². The molecule has 0 aliphatic carbocycles. The Morgan fingerprint density at radius 3 is 2.07 bits per heavy atom. The molecule has 0 amide bonds. The van der Waals surface area contributed by atoms with Gasteiger partial charge in [-0.2, -0.15) is 13.2 Å². The van der Waals surface area contributed by atoms with Gasteiger partial charge in [0, 0.05) is 16.9 Å². The van der Waals surface area contributed by atoms with E-state index in [2.05, 4.69) is 0 Å². The highest BCUT2D eigenvalue weighted by molar-refractivity contribution is 8.00. The van der Waals surface area contributed by atoms with Crippen molar-refractivity contribution >= 4 is 23.7 Å². The molecule has 0 saturated carbocycles. The zero-order valence-electron chi connectivity index (χ0n) is 16.8. The van der Waals surface area contributed by atoms with Gasteiger partial charge in [0.25, 0.3) is 0 Å². The number of rotatable bonds is 7. The van der Waals surface area contributed by atoms with Gasteiger partial charge in [-0.1, -0.05) is 24.3 Å². The van der Waals surface area contributed by atoms with E-state index in [9.17, 15) is 27.9 Å². The van der Waals surface area contributed by atoms with Crippen molar-refractivity contribution in [3.63, 3.8) is 0 Å². The Labute approximate surface area is 176 Å². The lowest BCUT2D eigenvalue weighted by Gasteiger charge is -2.25. The van der Waals surface area contributed by atoms with E-state index in [1.54, 1.807) is 31.9 Å². The van der Waals surface area contributed by atoms with Gasteiger partial charge in [0.15, 0.2) is 5.60 Å². The number of aliphatic carboxylic acids is 1. The number of carbonyl (C=O) groups is 1. The van der Waals surface area contributed by atoms with E-state index in [0.717, 1.165) is 0 Å². The quantitative estimate of drug-likeness (QED) is 0.445. The number of aryl methyl sites for hydroxylation is 2. The van der Waals surface area contributed by atoms with Crippen LogP contribution in [0.25, 0.3) is 0 Å². The molecule has 0 fully saturated rings. The average molecular weight is 438 g/mol. The summed E-state index contributed by atoms with van der Waals surface area (Å²) in [4.78, 5) is 22.5. The summed E-state index contributed by atoms with van der Waals surface area (Å²) in [5, 5.41) is 9.29. The van der Waals surface area contributed by atoms with Crippen molar-refractivity contribution in [2.24, 2.45) is 0 Å². The maximum absolute atomic E-state index is 12.5. The molecule has 2 aromatic carbocycles. The SMILES string of the molecule is Cc1cc(C(C=C=O)c2ccc(SC(F)(F)F)cc2)cc(C)c1OC(C)(C)C(=O)O. The number of thioether (sulfide) groups is 1. The van der Waals surface area contributed by atoms with Crippen molar-refractivity contribution < 1.29 is 32.6 Å². The molecule has 0 heterocycles. The molecule has 0 aliphatic rings. The van der Waals surface area contributed by atoms with E-state index in [1.807, 2.05) is 0 Å². The zero-order chi connectivity index (χ0) is 22.7. The fourth-order valence-electron chi connectivity index (χ4n) is 2.95. The van der Waals surface area contributed by atoms with Crippen LogP contribution in [-0.2, 0) is 9.59 Å². The van der Waals surface area contributed by atoms with Crippen LogP contribution < -0.4 is 4.74 Å². The van der Waals surface area contributed by atoms with Crippen LogP contribution in [0.2, 0.25) is 0 Å². The molecule has 2 aromatic rings. The van der Waals surface area contributed by atoms with Crippen LogP contribution in [0.1, 0.15) is 42.0 Å². The van der Waals surface area contributed by atoms with E-state index in [1.165, 1.54) is 44.2 Å². The van der Waals surface area contributed by atoms with E-state index < -0.39 is 23.0 Å². The van der Waals surface area contributed by atoms with Crippen LogP contribution in [0.3, 0.4) is 0 Å². The Morgan fingerprint density at radius 1 is 1.10 bits per heavy atom. The topological polar surface area (TPSA) is 63.6 Å². The molecule has 0 aromatic heterocycles. The first-order valence-corrected chi connectivity index (χ1v) is 9.76. The van der Waals surface area contributed by atoms with Gasteiger partial charge in [-0.15, -0.1) is 0 Å². The maximum atomic E-state index is 12.5. The highest BCUT2D eigenvalue weighted by atomic mass is 32.2. The first-order valence-electron chi connectivity index (χ1n) is 8.94. The van der Waals surface area contributed by atoms with E-state index in [0.29, 0.717) is 28.0 Å². The summed E-state index contributed by atoms with van der Waals surface area (Å²) >= 11 is -0.207. The highest BCUT2D eigenvalue weighted by Crippen LogP contribution is 2.38. The third-order valence-corrected chi connectivity index (χ3v) is 5.16. The first kappa shape index (κ1) is 23.6. The van der Waals surface area contributed by atoms with Gasteiger partial charge in [-0.05, 0) is 73.8 Å². The standard InChI is InChI=1S/C22H21F3O4S/c1-13-11-16(12-14(2)19(13)29-21(3,4)20(27)28)18(9-10-26)15-5-7-17(8-6-15)30-22(23,24)25/h5-9,11-12,18H,1-4H3,(H,27,28). The molecular weight excluding hydrogens is 417 g/mol. The van der Waals surface area contributed by atoms with Crippen LogP contribution >= 0.6 is 11.8 Å². The molecule has 8 heteroatoms. The molecule has 0 aliphatic heterocycles. The van der Waals surface area contributed by atoms with Crippen molar-refractivity contribution in [2.45, 2.75) is 49.6 Å². The second-order valence-corrected chi connectivity index (χ2v) is 8.42. The highest BCUT2D eigenvalue weighted by Gasteiger charge is 2.31. The van der Waals surface area contributed by atoms with Crippen molar-refractivity contribution in [1.29, 1.82) is 0 Å². The van der Waals surface area contributed by atoms with Crippen molar-refractivity contribution in [1.82, 2.24) is 0 Å². The number of alkyl halides is 3. The molecular formula is C22H21F3O4S. The number of allylic oxidation sites excluding steroid dienone is 1. The van der Waals surface area contributed by atoms with Crippen LogP contribution in [0.4, 0.5) is 13.2 Å². The van der Waals surface area contributed by atoms with Crippen LogP contribution in [0, 0.1) is 13.8 Å². The lowest BCUT2D eigenvalue weighted by Crippen LogP contribution is -2.38. The lowest BCUT2D eigenvalue weighted by molar-refractivity contribution is -0.152. The molecule has 1 N–H and O–H groups in total. The Hall–Kier alpha value is -2.70. The van der Waals surface area contributed by atoms with Gasteiger partial charge in [0.1, 0.15) is 11.7 Å². The number of carboxylic acids is 1. The van der Waals surface area contributed by atoms with Gasteiger partial charge >= 0.3 is 11.5 Å². The minimum atomic E-state index is -4.38. The smallest absolute Gasteiger partial charge is 0.446 e. The minimum Gasteiger partial charge on any atom is -0.478 e. The molecule has 0 bridgehead atoms. The largest absolute Gasteiger partial charge is 0.478 e. The second kappa shape index (κ2) is 8.98. The number of hydrogen-bond donors (Lipinski definition) is 1. The fraction of sp³-hybridized carbons (Fsp3) is 0.318. The Balaban J connectivity index is 2.41. The Kier molecular flexibility index (Phi) is 7.06. The average Bonchev–Trinajstić information content (AvgIpc) is 2.62.